The Morgan fingerprint density at radius 3 is 3.00 bits per heavy atom. The smallest absolute Gasteiger partial charge is 0.0885 e. The van der Waals surface area contributed by atoms with Gasteiger partial charge in [0.1, 0.15) is 0 Å². The second-order valence-electron chi connectivity index (χ2n) is 2.10. The van der Waals surface area contributed by atoms with E-state index in [4.69, 9.17) is 5.26 Å². The van der Waals surface area contributed by atoms with Gasteiger partial charge in [0.15, 0.2) is 0 Å². The summed E-state index contributed by atoms with van der Waals surface area (Å²) in [4.78, 5) is 4.00. The first kappa shape index (κ1) is 6.52. The molecule has 0 aromatic carbocycles. The second-order valence-corrected chi connectivity index (χ2v) is 2.10. The third kappa shape index (κ3) is 2.00. The molecule has 0 bridgehead atoms. The van der Waals surface area contributed by atoms with E-state index in [0.29, 0.717) is 12.5 Å². The molecule has 0 spiro atoms. The zero-order chi connectivity index (χ0) is 6.53. The zero-order valence-corrected chi connectivity index (χ0v) is 5.16. The Bertz CT molecular complexity index is 127. The fourth-order valence-electron chi connectivity index (χ4n) is 0.851. The van der Waals surface area contributed by atoms with Crippen molar-refractivity contribution in [2.75, 3.05) is 6.61 Å². The topological polar surface area (TPSA) is 29.5 Å². The van der Waals surface area contributed by atoms with Crippen molar-refractivity contribution in [3.63, 3.8) is 0 Å². The van der Waals surface area contributed by atoms with Gasteiger partial charge in [-0.1, -0.05) is 24.3 Å². The van der Waals surface area contributed by atoms with E-state index in [9.17, 15) is 0 Å². The SMILES string of the molecule is OOCC1C=CC=CC1. The van der Waals surface area contributed by atoms with Crippen LogP contribution in [0.15, 0.2) is 24.3 Å². The maximum Gasteiger partial charge on any atom is 0.0885 e. The van der Waals surface area contributed by atoms with Gasteiger partial charge in [0, 0.05) is 5.92 Å². The van der Waals surface area contributed by atoms with E-state index in [0.717, 1.165) is 6.42 Å². The average Bonchev–Trinajstić information content (AvgIpc) is 1.91. The first-order valence-electron chi connectivity index (χ1n) is 3.03. The molecule has 0 fully saturated rings. The molecule has 1 aliphatic carbocycles. The van der Waals surface area contributed by atoms with Gasteiger partial charge in [-0.3, -0.25) is 5.26 Å². The van der Waals surface area contributed by atoms with Gasteiger partial charge < -0.3 is 0 Å². The summed E-state index contributed by atoms with van der Waals surface area (Å²) in [6, 6.07) is 0. The molecule has 0 heterocycles. The fraction of sp³-hybridized carbons (Fsp3) is 0.429. The third-order valence-corrected chi connectivity index (χ3v) is 1.36. The largest absolute Gasteiger partial charge is 0.252 e. The van der Waals surface area contributed by atoms with Crippen LogP contribution >= 0.6 is 0 Å². The molecular formula is C7H10O2. The number of hydrogen-bond donors (Lipinski definition) is 1. The average molecular weight is 126 g/mol. The van der Waals surface area contributed by atoms with E-state index in [-0.39, 0.29) is 0 Å². The first-order valence-corrected chi connectivity index (χ1v) is 3.03. The molecule has 1 atom stereocenters. The van der Waals surface area contributed by atoms with Crippen LogP contribution in [0.5, 0.6) is 0 Å². The van der Waals surface area contributed by atoms with Crippen molar-refractivity contribution in [3.8, 4) is 0 Å². The zero-order valence-electron chi connectivity index (χ0n) is 5.16. The molecule has 0 amide bonds. The summed E-state index contributed by atoms with van der Waals surface area (Å²) in [5.41, 5.74) is 0. The quantitative estimate of drug-likeness (QED) is 0.450. The van der Waals surface area contributed by atoms with Crippen LogP contribution in [0, 0.1) is 5.92 Å². The highest BCUT2D eigenvalue weighted by Gasteiger charge is 2.03. The molecule has 0 aromatic heterocycles. The third-order valence-electron chi connectivity index (χ3n) is 1.36. The monoisotopic (exact) mass is 126 g/mol. The van der Waals surface area contributed by atoms with Gasteiger partial charge in [0.05, 0.1) is 6.61 Å². The molecule has 1 aliphatic rings. The van der Waals surface area contributed by atoms with E-state index in [2.05, 4.69) is 11.0 Å². The molecule has 1 rings (SSSR count). The van der Waals surface area contributed by atoms with Crippen LogP contribution in [0.2, 0.25) is 0 Å². The minimum absolute atomic E-state index is 0.361. The van der Waals surface area contributed by atoms with Crippen molar-refractivity contribution in [3.05, 3.63) is 24.3 Å². The summed E-state index contributed by atoms with van der Waals surface area (Å²) >= 11 is 0. The highest BCUT2D eigenvalue weighted by atomic mass is 17.1. The van der Waals surface area contributed by atoms with Crippen molar-refractivity contribution in [2.24, 2.45) is 5.92 Å². The predicted octanol–water partition coefficient (Wildman–Crippen LogP) is 1.61. The summed E-state index contributed by atoms with van der Waals surface area (Å²) in [6.07, 6.45) is 9.01. The van der Waals surface area contributed by atoms with Crippen LogP contribution in [-0.4, -0.2) is 11.9 Å². The number of allylic oxidation sites excluding steroid dienone is 3. The Labute approximate surface area is 54.4 Å². The lowest BCUT2D eigenvalue weighted by atomic mass is 10.0. The molecule has 50 valence electrons. The maximum absolute atomic E-state index is 8.06. The van der Waals surface area contributed by atoms with E-state index >= 15 is 0 Å². The Morgan fingerprint density at radius 2 is 2.44 bits per heavy atom. The van der Waals surface area contributed by atoms with Gasteiger partial charge in [0.25, 0.3) is 0 Å². The van der Waals surface area contributed by atoms with E-state index in [1.54, 1.807) is 0 Å². The van der Waals surface area contributed by atoms with Crippen molar-refractivity contribution in [2.45, 2.75) is 6.42 Å². The lowest BCUT2D eigenvalue weighted by Crippen LogP contribution is -2.05. The molecule has 0 saturated carbocycles. The van der Waals surface area contributed by atoms with Crippen LogP contribution in [0.4, 0.5) is 0 Å². The van der Waals surface area contributed by atoms with Crippen LogP contribution in [0.25, 0.3) is 0 Å². The molecule has 2 nitrogen and oxygen atoms in total. The maximum atomic E-state index is 8.06. The van der Waals surface area contributed by atoms with Gasteiger partial charge in [-0.15, -0.1) is 0 Å². The fourth-order valence-corrected chi connectivity index (χ4v) is 0.851. The number of hydrogen-bond acceptors (Lipinski definition) is 2. The van der Waals surface area contributed by atoms with Crippen LogP contribution in [0.1, 0.15) is 6.42 Å². The Morgan fingerprint density at radius 1 is 1.56 bits per heavy atom. The van der Waals surface area contributed by atoms with Gasteiger partial charge in [0.2, 0.25) is 0 Å². The first-order chi connectivity index (χ1) is 4.43. The van der Waals surface area contributed by atoms with Crippen LogP contribution < -0.4 is 0 Å². The van der Waals surface area contributed by atoms with Crippen LogP contribution in [-0.2, 0) is 4.89 Å². The van der Waals surface area contributed by atoms with Crippen molar-refractivity contribution >= 4 is 0 Å². The lowest BCUT2D eigenvalue weighted by molar-refractivity contribution is -0.248. The molecule has 9 heavy (non-hydrogen) atoms. The summed E-state index contributed by atoms with van der Waals surface area (Å²) < 4.78 is 0. The minimum atomic E-state index is 0.361. The molecule has 0 aliphatic heterocycles. The molecule has 1 N–H and O–H groups in total. The van der Waals surface area contributed by atoms with Gasteiger partial charge in [-0.2, -0.15) is 0 Å². The predicted molar refractivity (Wildman–Crippen MR) is 35.0 cm³/mol. The summed E-state index contributed by atoms with van der Waals surface area (Å²) in [5.74, 6) is 0.361. The highest BCUT2D eigenvalue weighted by molar-refractivity contribution is 5.10. The van der Waals surface area contributed by atoms with Crippen molar-refractivity contribution in [1.82, 2.24) is 0 Å². The van der Waals surface area contributed by atoms with Gasteiger partial charge in [-0.05, 0) is 6.42 Å². The molecule has 0 aromatic rings. The normalized spacial score (nSPS) is 24.8. The molecule has 2 heteroatoms. The summed E-state index contributed by atoms with van der Waals surface area (Å²) in [5, 5.41) is 8.06. The Balaban J connectivity index is 2.28. The molecule has 0 radical (unpaired) electrons. The molecular weight excluding hydrogens is 116 g/mol. The van der Waals surface area contributed by atoms with Gasteiger partial charge in [-0.25, -0.2) is 4.89 Å². The highest BCUT2D eigenvalue weighted by Crippen LogP contribution is 2.10. The number of rotatable bonds is 2. The van der Waals surface area contributed by atoms with E-state index in [1.807, 2.05) is 18.2 Å². The molecule has 1 unspecified atom stereocenters. The Kier molecular flexibility index (Phi) is 2.48. The van der Waals surface area contributed by atoms with Crippen LogP contribution in [0.3, 0.4) is 0 Å². The lowest BCUT2D eigenvalue weighted by Gasteiger charge is -2.08. The standard InChI is InChI=1S/C7H10O2/c8-9-6-7-4-2-1-3-5-7/h1-4,7-8H,5-6H2. The minimum Gasteiger partial charge on any atom is -0.252 e. The van der Waals surface area contributed by atoms with Crippen molar-refractivity contribution < 1.29 is 10.1 Å². The second kappa shape index (κ2) is 3.43. The Hall–Kier alpha value is -0.600. The summed E-state index contributed by atoms with van der Waals surface area (Å²) in [6.45, 7) is 0.404. The van der Waals surface area contributed by atoms with Crippen molar-refractivity contribution in [1.29, 1.82) is 0 Å². The van der Waals surface area contributed by atoms with E-state index in [1.165, 1.54) is 0 Å². The van der Waals surface area contributed by atoms with Gasteiger partial charge >= 0.3 is 0 Å². The van der Waals surface area contributed by atoms with E-state index < -0.39 is 0 Å². The molecule has 0 saturated heterocycles. The summed E-state index contributed by atoms with van der Waals surface area (Å²) in [7, 11) is 0.